The molecule has 140 valence electrons. The number of carboxylic acid groups (broad SMARTS) is 5. The van der Waals surface area contributed by atoms with Gasteiger partial charge in [0.2, 0.25) is 0 Å². The van der Waals surface area contributed by atoms with Crippen LogP contribution < -0.4 is 25.5 Å². The maximum Gasteiger partial charge on any atom is 5.00 e. The molecule has 0 aliphatic heterocycles. The zero-order valence-corrected chi connectivity index (χ0v) is 13.4. The van der Waals surface area contributed by atoms with Crippen molar-refractivity contribution in [2.45, 2.75) is 0 Å². The molecule has 0 aromatic heterocycles. The van der Waals surface area contributed by atoms with E-state index in [1.807, 2.05) is 0 Å². The summed E-state index contributed by atoms with van der Waals surface area (Å²) < 4.78 is 0. The van der Waals surface area contributed by atoms with Crippen molar-refractivity contribution in [3.8, 4) is 0 Å². The molecule has 0 radical (unpaired) electrons. The topological polar surface area (TPSA) is 286 Å². The molecule has 0 fully saturated rings. The van der Waals surface area contributed by atoms with Gasteiger partial charge in [-0.3, -0.25) is 24.0 Å². The van der Waals surface area contributed by atoms with Gasteiger partial charge < -0.3 is 49.5 Å². The van der Waals surface area contributed by atoms with Gasteiger partial charge in [0.15, 0.2) is 31.4 Å². The van der Waals surface area contributed by atoms with E-state index in [0.717, 1.165) is 0 Å². The molecule has 26 heavy (non-hydrogen) atoms. The Labute approximate surface area is 154 Å². The van der Waals surface area contributed by atoms with E-state index in [1.54, 1.807) is 0 Å². The van der Waals surface area contributed by atoms with Crippen LogP contribution >= 0.6 is 0 Å². The Kier molecular flexibility index (Phi) is 48.4. The van der Waals surface area contributed by atoms with E-state index < -0.39 is 29.8 Å². The number of carboxylic acids is 5. The zero-order chi connectivity index (χ0) is 21.4. The predicted molar refractivity (Wildman–Crippen MR) is 55.4 cm³/mol. The molecular formula is C10H5O15V. The van der Waals surface area contributed by atoms with E-state index in [4.69, 9.17) is 73.5 Å². The number of hydrogen-bond acceptors (Lipinski definition) is 15. The smallest absolute Gasteiger partial charge is 0.542 e. The number of rotatable bonds is 5. The van der Waals surface area contributed by atoms with Crippen LogP contribution in [0.4, 0.5) is 0 Å². The van der Waals surface area contributed by atoms with Crippen LogP contribution in [0.25, 0.3) is 0 Å². The summed E-state index contributed by atoms with van der Waals surface area (Å²) in [5.41, 5.74) is 0. The van der Waals surface area contributed by atoms with E-state index in [0.29, 0.717) is 0 Å². The molecule has 0 amide bonds. The standard InChI is InChI=1S/5C2H2O3.V/c5*3-1-2(4)5;/h5*1H,(H,4,5);/q;;;;;+5/p-5. The van der Waals surface area contributed by atoms with E-state index in [-0.39, 0.29) is 50.0 Å². The molecule has 0 unspecified atom stereocenters. The molecule has 0 saturated heterocycles. The van der Waals surface area contributed by atoms with Crippen LogP contribution in [-0.2, 0) is 66.5 Å². The van der Waals surface area contributed by atoms with E-state index in [9.17, 15) is 0 Å². The summed E-state index contributed by atoms with van der Waals surface area (Å²) in [4.78, 5) is 88.7. The van der Waals surface area contributed by atoms with Crippen molar-refractivity contribution in [2.24, 2.45) is 0 Å². The minimum Gasteiger partial charge on any atom is -0.542 e. The van der Waals surface area contributed by atoms with Crippen LogP contribution in [-0.4, -0.2) is 61.3 Å². The van der Waals surface area contributed by atoms with Gasteiger partial charge in [-0.15, -0.1) is 0 Å². The summed E-state index contributed by atoms with van der Waals surface area (Å²) in [5, 5.41) is 44.4. The Hall–Kier alpha value is -3.72. The molecule has 0 aromatic carbocycles. The van der Waals surface area contributed by atoms with Crippen LogP contribution in [0, 0.1) is 0 Å². The third-order valence-electron chi connectivity index (χ3n) is 0.481. The van der Waals surface area contributed by atoms with Gasteiger partial charge in [-0.2, -0.15) is 0 Å². The Bertz CT molecular complexity index is 390. The van der Waals surface area contributed by atoms with Crippen molar-refractivity contribution in [1.82, 2.24) is 0 Å². The summed E-state index contributed by atoms with van der Waals surface area (Å²) >= 11 is 0. The molecule has 0 rings (SSSR count). The normalized spacial score (nSPS) is 6.15. The maximum atomic E-state index is 8.89. The number of carbonyl (C=O) groups is 10. The SMILES string of the molecule is O=CC(=O)[O-].O=CC(=O)[O-].O=CC(=O)[O-].O=CC(=O)[O-].O=CC(=O)[O-].[V+5]. The largest absolute Gasteiger partial charge is 5.00 e. The van der Waals surface area contributed by atoms with Crippen molar-refractivity contribution in [2.75, 3.05) is 0 Å². The first-order valence-corrected chi connectivity index (χ1v) is 4.66. The summed E-state index contributed by atoms with van der Waals surface area (Å²) in [7, 11) is 0. The van der Waals surface area contributed by atoms with Gasteiger partial charge in [0, 0.05) is 0 Å². The molecular weight excluding hydrogens is 411 g/mol. The van der Waals surface area contributed by atoms with Crippen LogP contribution in [0.15, 0.2) is 0 Å². The molecule has 0 heterocycles. The second-order valence-electron chi connectivity index (χ2n) is 2.18. The third kappa shape index (κ3) is 191. The fraction of sp³-hybridized carbons (Fsp3) is 0. The van der Waals surface area contributed by atoms with Crippen molar-refractivity contribution in [1.29, 1.82) is 0 Å². The van der Waals surface area contributed by atoms with Gasteiger partial charge in [0.1, 0.15) is 29.8 Å². The minimum absolute atomic E-state index is 0. The van der Waals surface area contributed by atoms with Crippen molar-refractivity contribution < 1.29 is 92.0 Å². The van der Waals surface area contributed by atoms with Crippen LogP contribution in [0.3, 0.4) is 0 Å². The number of aliphatic carboxylic acids is 5. The molecule has 0 bridgehead atoms. The number of hydrogen-bond donors (Lipinski definition) is 0. The molecule has 0 aliphatic carbocycles. The first-order valence-electron chi connectivity index (χ1n) is 4.66. The van der Waals surface area contributed by atoms with Gasteiger partial charge >= 0.3 is 18.6 Å². The second kappa shape index (κ2) is 33.0. The second-order valence-corrected chi connectivity index (χ2v) is 2.18. The number of carbonyl (C=O) groups excluding carboxylic acids is 10. The van der Waals surface area contributed by atoms with Crippen molar-refractivity contribution in [3.63, 3.8) is 0 Å². The quantitative estimate of drug-likeness (QED) is 0.297. The molecule has 0 N–H and O–H groups in total. The summed E-state index contributed by atoms with van der Waals surface area (Å²) in [5.74, 6) is -8.38. The van der Waals surface area contributed by atoms with Gasteiger partial charge in [-0.1, -0.05) is 0 Å². The van der Waals surface area contributed by atoms with E-state index in [1.165, 1.54) is 0 Å². The first kappa shape index (κ1) is 38.1. The summed E-state index contributed by atoms with van der Waals surface area (Å²) in [6.45, 7) is 0. The minimum atomic E-state index is -1.68. The molecule has 0 aliphatic rings. The van der Waals surface area contributed by atoms with Crippen LogP contribution in [0.2, 0.25) is 0 Å². The molecule has 16 heteroatoms. The summed E-state index contributed by atoms with van der Waals surface area (Å²) in [6, 6.07) is 0. The summed E-state index contributed by atoms with van der Waals surface area (Å²) in [6.07, 6.45) is -1.39. The van der Waals surface area contributed by atoms with E-state index in [2.05, 4.69) is 0 Å². The monoisotopic (exact) mass is 416 g/mol. The fourth-order valence-corrected chi connectivity index (χ4v) is 0. The molecule has 0 aromatic rings. The van der Waals surface area contributed by atoms with Gasteiger partial charge in [0.05, 0.1) is 0 Å². The van der Waals surface area contributed by atoms with E-state index >= 15 is 0 Å². The van der Waals surface area contributed by atoms with Gasteiger partial charge in [-0.05, 0) is 0 Å². The average molecular weight is 416 g/mol. The molecule has 0 saturated carbocycles. The zero-order valence-electron chi connectivity index (χ0n) is 12.0. The fourth-order valence-electron chi connectivity index (χ4n) is 0. The Morgan fingerprint density at radius 1 is 0.385 bits per heavy atom. The Morgan fingerprint density at radius 2 is 0.423 bits per heavy atom. The molecule has 15 nitrogen and oxygen atoms in total. The third-order valence-corrected chi connectivity index (χ3v) is 0.481. The maximum absolute atomic E-state index is 8.89. The van der Waals surface area contributed by atoms with Crippen molar-refractivity contribution in [3.05, 3.63) is 0 Å². The molecule has 0 atom stereocenters. The van der Waals surface area contributed by atoms with Gasteiger partial charge in [0.25, 0.3) is 0 Å². The number of aldehydes is 5. The van der Waals surface area contributed by atoms with Crippen LogP contribution in [0.5, 0.6) is 0 Å². The first-order chi connectivity index (χ1) is 11.4. The Balaban J connectivity index is -0.0000000476. The predicted octanol–water partition coefficient (Wildman–Crippen LogP) is -10.3. The van der Waals surface area contributed by atoms with Gasteiger partial charge in [-0.25, -0.2) is 0 Å². The van der Waals surface area contributed by atoms with Crippen molar-refractivity contribution >= 4 is 61.3 Å². The van der Waals surface area contributed by atoms with Crippen LogP contribution in [0.1, 0.15) is 0 Å². The average Bonchev–Trinajstić information content (AvgIpc) is 2.56. The Morgan fingerprint density at radius 3 is 0.423 bits per heavy atom. The molecule has 0 spiro atoms.